The van der Waals surface area contributed by atoms with Gasteiger partial charge in [0.15, 0.2) is 5.16 Å². The SMILES string of the molecule is C=CCSc1nnc(N2CCC(C)CC2)n1CC1CCCO1. The monoisotopic (exact) mass is 322 g/mol. The van der Waals surface area contributed by atoms with Crippen LogP contribution in [0.1, 0.15) is 32.6 Å². The first-order chi connectivity index (χ1) is 10.8. The van der Waals surface area contributed by atoms with E-state index in [9.17, 15) is 0 Å². The molecule has 0 amide bonds. The van der Waals surface area contributed by atoms with E-state index in [1.807, 2.05) is 6.08 Å². The fourth-order valence-corrected chi connectivity index (χ4v) is 3.79. The largest absolute Gasteiger partial charge is 0.376 e. The summed E-state index contributed by atoms with van der Waals surface area (Å²) in [5, 5.41) is 9.90. The summed E-state index contributed by atoms with van der Waals surface area (Å²) in [6.07, 6.45) is 7.00. The third-order valence-corrected chi connectivity index (χ3v) is 5.47. The van der Waals surface area contributed by atoms with Gasteiger partial charge in [0.05, 0.1) is 12.6 Å². The summed E-state index contributed by atoms with van der Waals surface area (Å²) in [6, 6.07) is 0. The highest BCUT2D eigenvalue weighted by atomic mass is 32.2. The zero-order valence-electron chi connectivity index (χ0n) is 13.4. The summed E-state index contributed by atoms with van der Waals surface area (Å²) in [7, 11) is 0. The molecule has 0 bridgehead atoms. The van der Waals surface area contributed by atoms with Crippen LogP contribution in [0, 0.1) is 5.92 Å². The van der Waals surface area contributed by atoms with Crippen LogP contribution in [-0.4, -0.2) is 46.3 Å². The molecular weight excluding hydrogens is 296 g/mol. The molecule has 5 nitrogen and oxygen atoms in total. The van der Waals surface area contributed by atoms with E-state index in [1.54, 1.807) is 11.8 Å². The molecule has 0 saturated carbocycles. The molecule has 0 aromatic carbocycles. The molecule has 2 fully saturated rings. The quantitative estimate of drug-likeness (QED) is 0.595. The predicted molar refractivity (Wildman–Crippen MR) is 90.5 cm³/mol. The number of hydrogen-bond donors (Lipinski definition) is 0. The Kier molecular flexibility index (Phi) is 5.41. The summed E-state index contributed by atoms with van der Waals surface area (Å²) in [6.45, 7) is 10.1. The van der Waals surface area contributed by atoms with Crippen molar-refractivity contribution < 1.29 is 4.74 Å². The number of rotatable bonds is 6. The van der Waals surface area contributed by atoms with Gasteiger partial charge in [-0.1, -0.05) is 24.8 Å². The van der Waals surface area contributed by atoms with E-state index in [1.165, 1.54) is 19.3 Å². The molecule has 1 aromatic heterocycles. The van der Waals surface area contributed by atoms with Crippen LogP contribution >= 0.6 is 11.8 Å². The maximum absolute atomic E-state index is 5.82. The summed E-state index contributed by atoms with van der Waals surface area (Å²) < 4.78 is 8.08. The van der Waals surface area contributed by atoms with Crippen molar-refractivity contribution in [1.29, 1.82) is 0 Å². The highest BCUT2D eigenvalue weighted by molar-refractivity contribution is 7.99. The Morgan fingerprint density at radius 2 is 2.14 bits per heavy atom. The molecule has 22 heavy (non-hydrogen) atoms. The van der Waals surface area contributed by atoms with Gasteiger partial charge in [0.2, 0.25) is 5.95 Å². The molecule has 1 atom stereocenters. The van der Waals surface area contributed by atoms with Crippen LogP contribution in [0.2, 0.25) is 0 Å². The second-order valence-corrected chi connectivity index (χ2v) is 7.28. The minimum absolute atomic E-state index is 0.307. The Hall–Kier alpha value is -1.01. The van der Waals surface area contributed by atoms with Crippen molar-refractivity contribution in [2.45, 2.75) is 50.4 Å². The van der Waals surface area contributed by atoms with Crippen molar-refractivity contribution in [1.82, 2.24) is 14.8 Å². The molecule has 2 aliphatic rings. The van der Waals surface area contributed by atoms with Gasteiger partial charge in [-0.25, -0.2) is 0 Å². The standard InChI is InChI=1S/C16H26N4OS/c1-3-11-22-16-18-17-15(19-8-6-13(2)7-9-19)20(16)12-14-5-4-10-21-14/h3,13-14H,1,4-12H2,2H3. The lowest BCUT2D eigenvalue weighted by molar-refractivity contribution is 0.0951. The van der Waals surface area contributed by atoms with E-state index in [4.69, 9.17) is 4.74 Å². The van der Waals surface area contributed by atoms with Crippen LogP contribution in [0.3, 0.4) is 0 Å². The van der Waals surface area contributed by atoms with Crippen molar-refractivity contribution >= 4 is 17.7 Å². The van der Waals surface area contributed by atoms with E-state index in [-0.39, 0.29) is 0 Å². The Bertz CT molecular complexity index is 490. The van der Waals surface area contributed by atoms with Crippen molar-refractivity contribution in [2.24, 2.45) is 5.92 Å². The first-order valence-electron chi connectivity index (χ1n) is 8.31. The van der Waals surface area contributed by atoms with Crippen molar-refractivity contribution in [3.05, 3.63) is 12.7 Å². The van der Waals surface area contributed by atoms with Gasteiger partial charge in [0.25, 0.3) is 0 Å². The molecule has 0 aliphatic carbocycles. The second kappa shape index (κ2) is 7.51. The molecule has 1 aromatic rings. The fourth-order valence-electron chi connectivity index (χ4n) is 3.12. The molecule has 6 heteroatoms. The Balaban J connectivity index is 1.77. The third-order valence-electron chi connectivity index (χ3n) is 4.50. The highest BCUT2D eigenvalue weighted by Gasteiger charge is 2.25. The maximum atomic E-state index is 5.82. The van der Waals surface area contributed by atoms with Gasteiger partial charge in [0.1, 0.15) is 0 Å². The first-order valence-corrected chi connectivity index (χ1v) is 9.30. The highest BCUT2D eigenvalue weighted by Crippen LogP contribution is 2.27. The minimum atomic E-state index is 0.307. The lowest BCUT2D eigenvalue weighted by Crippen LogP contribution is -2.35. The average Bonchev–Trinajstić information content (AvgIpc) is 3.17. The van der Waals surface area contributed by atoms with E-state index in [0.717, 1.165) is 55.4 Å². The fraction of sp³-hybridized carbons (Fsp3) is 0.750. The normalized spacial score (nSPS) is 23.1. The van der Waals surface area contributed by atoms with E-state index in [0.29, 0.717) is 6.10 Å². The van der Waals surface area contributed by atoms with Gasteiger partial charge in [-0.3, -0.25) is 4.57 Å². The van der Waals surface area contributed by atoms with Crippen LogP contribution in [0.15, 0.2) is 17.8 Å². The van der Waals surface area contributed by atoms with Crippen molar-refractivity contribution in [3.63, 3.8) is 0 Å². The van der Waals surface area contributed by atoms with Crippen molar-refractivity contribution in [3.8, 4) is 0 Å². The van der Waals surface area contributed by atoms with Gasteiger partial charge < -0.3 is 9.64 Å². The van der Waals surface area contributed by atoms with E-state index in [2.05, 4.69) is 33.2 Å². The molecule has 2 aliphatic heterocycles. The molecule has 3 heterocycles. The van der Waals surface area contributed by atoms with Crippen molar-refractivity contribution in [2.75, 3.05) is 30.3 Å². The summed E-state index contributed by atoms with van der Waals surface area (Å²) in [5.74, 6) is 2.70. The topological polar surface area (TPSA) is 43.2 Å². The van der Waals surface area contributed by atoms with Crippen LogP contribution in [0.5, 0.6) is 0 Å². The molecule has 0 N–H and O–H groups in total. The number of thioether (sulfide) groups is 1. The molecular formula is C16H26N4OS. The zero-order valence-corrected chi connectivity index (χ0v) is 14.2. The molecule has 122 valence electrons. The second-order valence-electron chi connectivity index (χ2n) is 6.30. The average molecular weight is 322 g/mol. The van der Waals surface area contributed by atoms with Gasteiger partial charge >= 0.3 is 0 Å². The zero-order chi connectivity index (χ0) is 15.4. The number of nitrogens with zero attached hydrogens (tertiary/aromatic N) is 4. The minimum Gasteiger partial charge on any atom is -0.376 e. The van der Waals surface area contributed by atoms with Gasteiger partial charge in [-0.15, -0.1) is 16.8 Å². The number of anilines is 1. The summed E-state index contributed by atoms with van der Waals surface area (Å²) in [4.78, 5) is 2.39. The first kappa shape index (κ1) is 15.9. The number of hydrogen-bond acceptors (Lipinski definition) is 5. The Labute approximate surface area is 137 Å². The number of ether oxygens (including phenoxy) is 1. The summed E-state index contributed by atoms with van der Waals surface area (Å²) >= 11 is 1.70. The predicted octanol–water partition coefficient (Wildman–Crippen LogP) is 2.97. The van der Waals surface area contributed by atoms with Crippen LogP contribution in [-0.2, 0) is 11.3 Å². The van der Waals surface area contributed by atoms with Gasteiger partial charge in [-0.2, -0.15) is 0 Å². The van der Waals surface area contributed by atoms with E-state index >= 15 is 0 Å². The van der Waals surface area contributed by atoms with Gasteiger partial charge in [-0.05, 0) is 31.6 Å². The van der Waals surface area contributed by atoms with Crippen LogP contribution in [0.4, 0.5) is 5.95 Å². The molecule has 2 saturated heterocycles. The molecule has 3 rings (SSSR count). The molecule has 1 unspecified atom stereocenters. The van der Waals surface area contributed by atoms with Crippen LogP contribution < -0.4 is 4.90 Å². The van der Waals surface area contributed by atoms with Gasteiger partial charge in [0, 0.05) is 25.4 Å². The Morgan fingerprint density at radius 1 is 1.32 bits per heavy atom. The summed E-state index contributed by atoms with van der Waals surface area (Å²) in [5.41, 5.74) is 0. The number of piperidine rings is 1. The third kappa shape index (κ3) is 3.66. The Morgan fingerprint density at radius 3 is 2.82 bits per heavy atom. The van der Waals surface area contributed by atoms with E-state index < -0.39 is 0 Å². The molecule has 0 radical (unpaired) electrons. The lowest BCUT2D eigenvalue weighted by Gasteiger charge is -2.31. The smallest absolute Gasteiger partial charge is 0.228 e. The number of aromatic nitrogens is 3. The van der Waals surface area contributed by atoms with Crippen LogP contribution in [0.25, 0.3) is 0 Å². The lowest BCUT2D eigenvalue weighted by atomic mass is 10.00. The maximum Gasteiger partial charge on any atom is 0.228 e. The molecule has 0 spiro atoms.